The van der Waals surface area contributed by atoms with Crippen molar-refractivity contribution in [2.45, 2.75) is 48.7 Å². The standard InChI is InChI=1S/C20H21F3N6S/c1-14(28-12-6-3-7-13-28)17-26-27-19(29(17)15-8-4-2-5-9-15)30-18-24-11-10-16(25-18)20(21,22)23/h2,4-5,8-11,14H,3,6-7,12-13H2,1H3/t14-/m0/s1. The number of piperidine rings is 1. The van der Waals surface area contributed by atoms with E-state index >= 15 is 0 Å². The molecule has 0 bridgehead atoms. The van der Waals surface area contributed by atoms with Crippen LogP contribution in [0, 0.1) is 0 Å². The summed E-state index contributed by atoms with van der Waals surface area (Å²) >= 11 is 0.973. The van der Waals surface area contributed by atoms with Gasteiger partial charge in [0.05, 0.1) is 6.04 Å². The Morgan fingerprint density at radius 1 is 1.00 bits per heavy atom. The van der Waals surface area contributed by atoms with Crippen molar-refractivity contribution in [1.29, 1.82) is 0 Å². The van der Waals surface area contributed by atoms with E-state index in [1.165, 1.54) is 6.42 Å². The van der Waals surface area contributed by atoms with E-state index in [0.29, 0.717) is 5.16 Å². The minimum atomic E-state index is -4.53. The average Bonchev–Trinajstić information content (AvgIpc) is 3.17. The van der Waals surface area contributed by atoms with Crippen molar-refractivity contribution in [2.24, 2.45) is 0 Å². The number of likely N-dealkylation sites (tertiary alicyclic amines) is 1. The monoisotopic (exact) mass is 434 g/mol. The lowest BCUT2D eigenvalue weighted by Gasteiger charge is -2.31. The molecule has 0 spiro atoms. The van der Waals surface area contributed by atoms with Gasteiger partial charge in [-0.25, -0.2) is 9.97 Å². The molecule has 1 atom stereocenters. The average molecular weight is 434 g/mol. The Balaban J connectivity index is 1.71. The van der Waals surface area contributed by atoms with E-state index in [2.05, 4.69) is 32.0 Å². The van der Waals surface area contributed by atoms with Gasteiger partial charge in [0.1, 0.15) is 5.69 Å². The first-order chi connectivity index (χ1) is 14.4. The number of alkyl halides is 3. The highest BCUT2D eigenvalue weighted by Gasteiger charge is 2.33. The molecule has 6 nitrogen and oxygen atoms in total. The van der Waals surface area contributed by atoms with Crippen LogP contribution < -0.4 is 0 Å². The maximum absolute atomic E-state index is 13.0. The Kier molecular flexibility index (Phi) is 6.05. The third-order valence-electron chi connectivity index (χ3n) is 5.09. The smallest absolute Gasteiger partial charge is 0.294 e. The van der Waals surface area contributed by atoms with Crippen molar-refractivity contribution >= 4 is 11.8 Å². The van der Waals surface area contributed by atoms with Crippen LogP contribution in [0.5, 0.6) is 0 Å². The first-order valence-corrected chi connectivity index (χ1v) is 10.6. The lowest BCUT2D eigenvalue weighted by Crippen LogP contribution is -2.33. The van der Waals surface area contributed by atoms with E-state index in [4.69, 9.17) is 0 Å². The number of rotatable bonds is 5. The van der Waals surface area contributed by atoms with E-state index < -0.39 is 11.9 Å². The number of benzene rings is 1. The fraction of sp³-hybridized carbons (Fsp3) is 0.400. The number of para-hydroxylation sites is 1. The van der Waals surface area contributed by atoms with Crippen LogP contribution in [0.15, 0.2) is 52.9 Å². The molecule has 0 radical (unpaired) electrons. The summed E-state index contributed by atoms with van der Waals surface area (Å²) in [4.78, 5) is 10.0. The molecule has 1 aromatic carbocycles. The molecule has 0 aliphatic carbocycles. The van der Waals surface area contributed by atoms with E-state index in [1.807, 2.05) is 34.9 Å². The molecule has 30 heavy (non-hydrogen) atoms. The van der Waals surface area contributed by atoms with Gasteiger partial charge in [-0.2, -0.15) is 13.2 Å². The second-order valence-corrected chi connectivity index (χ2v) is 8.04. The van der Waals surface area contributed by atoms with Crippen LogP contribution in [0.2, 0.25) is 0 Å². The van der Waals surface area contributed by atoms with Crippen molar-refractivity contribution in [2.75, 3.05) is 13.1 Å². The van der Waals surface area contributed by atoms with Gasteiger partial charge in [0.25, 0.3) is 0 Å². The molecule has 1 saturated heterocycles. The van der Waals surface area contributed by atoms with Crippen LogP contribution in [0.3, 0.4) is 0 Å². The van der Waals surface area contributed by atoms with Gasteiger partial charge in [-0.1, -0.05) is 24.6 Å². The lowest BCUT2D eigenvalue weighted by molar-refractivity contribution is -0.141. The summed E-state index contributed by atoms with van der Waals surface area (Å²) in [6.07, 6.45) is 0.0908. The topological polar surface area (TPSA) is 59.7 Å². The van der Waals surface area contributed by atoms with Crippen LogP contribution in [0.4, 0.5) is 13.2 Å². The van der Waals surface area contributed by atoms with Gasteiger partial charge in [0.2, 0.25) is 5.16 Å². The highest BCUT2D eigenvalue weighted by atomic mass is 32.2. The number of hydrogen-bond acceptors (Lipinski definition) is 6. The van der Waals surface area contributed by atoms with Gasteiger partial charge < -0.3 is 0 Å². The molecule has 1 fully saturated rings. The Hall–Kier alpha value is -2.46. The van der Waals surface area contributed by atoms with Gasteiger partial charge in [0.15, 0.2) is 11.0 Å². The molecule has 3 aromatic rings. The van der Waals surface area contributed by atoms with E-state index in [-0.39, 0.29) is 11.2 Å². The molecule has 2 aromatic heterocycles. The summed E-state index contributed by atoms with van der Waals surface area (Å²) in [6.45, 7) is 4.06. The SMILES string of the molecule is C[C@@H](c1nnc(Sc2nccc(C(F)(F)F)n2)n1-c1ccccc1)N1CCCCC1. The molecule has 0 amide bonds. The van der Waals surface area contributed by atoms with Crippen molar-refractivity contribution in [3.63, 3.8) is 0 Å². The van der Waals surface area contributed by atoms with Gasteiger partial charge >= 0.3 is 6.18 Å². The van der Waals surface area contributed by atoms with Gasteiger partial charge in [0, 0.05) is 11.9 Å². The highest BCUT2D eigenvalue weighted by Crippen LogP contribution is 2.33. The Morgan fingerprint density at radius 2 is 1.73 bits per heavy atom. The first-order valence-electron chi connectivity index (χ1n) is 9.76. The zero-order valence-electron chi connectivity index (χ0n) is 16.4. The number of hydrogen-bond donors (Lipinski definition) is 0. The largest absolute Gasteiger partial charge is 0.433 e. The van der Waals surface area contributed by atoms with Crippen LogP contribution in [-0.2, 0) is 6.18 Å². The maximum atomic E-state index is 13.0. The molecule has 0 N–H and O–H groups in total. The van der Waals surface area contributed by atoms with Crippen LogP contribution in [-0.4, -0.2) is 42.7 Å². The first kappa shape index (κ1) is 20.8. The molecule has 1 aliphatic heterocycles. The van der Waals surface area contributed by atoms with Crippen LogP contribution >= 0.6 is 11.8 Å². The van der Waals surface area contributed by atoms with E-state index in [0.717, 1.165) is 61.5 Å². The lowest BCUT2D eigenvalue weighted by atomic mass is 10.1. The van der Waals surface area contributed by atoms with E-state index in [9.17, 15) is 13.2 Å². The van der Waals surface area contributed by atoms with Gasteiger partial charge in [-0.3, -0.25) is 9.47 Å². The van der Waals surface area contributed by atoms with Gasteiger partial charge in [-0.05, 0) is 62.8 Å². The summed E-state index contributed by atoms with van der Waals surface area (Å²) in [5, 5.41) is 9.10. The highest BCUT2D eigenvalue weighted by molar-refractivity contribution is 7.99. The normalized spacial score (nSPS) is 16.5. The van der Waals surface area contributed by atoms with Crippen molar-refractivity contribution in [1.82, 2.24) is 29.6 Å². The summed E-state index contributed by atoms with van der Waals surface area (Å²) in [6, 6.07) is 10.4. The molecule has 0 saturated carbocycles. The molecule has 10 heteroatoms. The van der Waals surface area contributed by atoms with Crippen molar-refractivity contribution < 1.29 is 13.2 Å². The predicted octanol–water partition coefficient (Wildman–Crippen LogP) is 4.77. The van der Waals surface area contributed by atoms with E-state index in [1.54, 1.807) is 0 Å². The summed E-state index contributed by atoms with van der Waals surface area (Å²) in [5.74, 6) is 0.748. The minimum absolute atomic E-state index is 0.0217. The molecule has 4 rings (SSSR count). The maximum Gasteiger partial charge on any atom is 0.433 e. The van der Waals surface area contributed by atoms with Gasteiger partial charge in [-0.15, -0.1) is 10.2 Å². The Morgan fingerprint density at radius 3 is 2.43 bits per heavy atom. The van der Waals surface area contributed by atoms with Crippen molar-refractivity contribution in [3.05, 3.63) is 54.1 Å². The minimum Gasteiger partial charge on any atom is -0.294 e. The molecule has 3 heterocycles. The fourth-order valence-electron chi connectivity index (χ4n) is 3.54. The third kappa shape index (κ3) is 4.49. The van der Waals surface area contributed by atoms with Crippen LogP contribution in [0.25, 0.3) is 5.69 Å². The summed E-state index contributed by atoms with van der Waals surface area (Å²) < 4.78 is 41.0. The number of aromatic nitrogens is 5. The molecular weight excluding hydrogens is 413 g/mol. The zero-order valence-corrected chi connectivity index (χ0v) is 17.2. The number of halogens is 3. The summed E-state index contributed by atoms with van der Waals surface area (Å²) in [7, 11) is 0. The molecular formula is C20H21F3N6S. The second kappa shape index (κ2) is 8.73. The quantitative estimate of drug-likeness (QED) is 0.539. The third-order valence-corrected chi connectivity index (χ3v) is 5.92. The Labute approximate surface area is 176 Å². The Bertz CT molecular complexity index is 986. The number of nitrogens with zero attached hydrogens (tertiary/aromatic N) is 6. The fourth-order valence-corrected chi connectivity index (χ4v) is 4.33. The zero-order chi connectivity index (χ0) is 21.1. The molecule has 158 valence electrons. The molecule has 1 aliphatic rings. The van der Waals surface area contributed by atoms with Crippen LogP contribution in [0.1, 0.15) is 43.7 Å². The second-order valence-electron chi connectivity index (χ2n) is 7.11. The predicted molar refractivity (Wildman–Crippen MR) is 106 cm³/mol. The summed E-state index contributed by atoms with van der Waals surface area (Å²) in [5.41, 5.74) is -0.136. The molecule has 0 unspecified atom stereocenters. The van der Waals surface area contributed by atoms with Crippen molar-refractivity contribution in [3.8, 4) is 5.69 Å².